The maximum Gasteiger partial charge on any atom is 0.300 e. The molecular weight excluding hydrogens is 470 g/mol. The highest BCUT2D eigenvalue weighted by molar-refractivity contribution is 6.08. The molecule has 190 valence electrons. The minimum absolute atomic E-state index is 0.105. The SMILES string of the molecule is C=C(C)[C@@H]1CC=C(C(O)C2C=CC3C(=O)N(C)C(=O)C3N2Nc2ccc([N+](=O)[O-])cc2[N+](=O)[O-])CC1. The number of nitro groups is 2. The molecule has 1 aromatic rings. The number of likely N-dealkylation sites (tertiary alicyclic amines) is 1. The van der Waals surface area contributed by atoms with Crippen molar-refractivity contribution in [3.05, 3.63) is 74.4 Å². The number of non-ortho nitro benzene ring substituents is 1. The van der Waals surface area contributed by atoms with Gasteiger partial charge in [0.05, 0.1) is 34.0 Å². The number of hydrogen-bond donors (Lipinski definition) is 2. The lowest BCUT2D eigenvalue weighted by molar-refractivity contribution is -0.393. The number of imide groups is 1. The molecule has 1 fully saturated rings. The molecule has 0 bridgehead atoms. The third kappa shape index (κ3) is 4.40. The van der Waals surface area contributed by atoms with E-state index in [1.54, 1.807) is 12.2 Å². The molecule has 12 nitrogen and oxygen atoms in total. The van der Waals surface area contributed by atoms with E-state index < -0.39 is 57.1 Å². The Hall–Kier alpha value is -3.90. The number of amides is 2. The highest BCUT2D eigenvalue weighted by atomic mass is 16.6. The normalized spacial score (nSPS) is 26.9. The Bertz CT molecular complexity index is 1210. The number of carbonyl (C=O) groups excluding carboxylic acids is 2. The van der Waals surface area contributed by atoms with E-state index >= 15 is 0 Å². The van der Waals surface area contributed by atoms with Gasteiger partial charge in [0.25, 0.3) is 5.69 Å². The van der Waals surface area contributed by atoms with Gasteiger partial charge < -0.3 is 10.5 Å². The van der Waals surface area contributed by atoms with Gasteiger partial charge in [0.15, 0.2) is 0 Å². The number of aliphatic hydroxyl groups excluding tert-OH is 1. The van der Waals surface area contributed by atoms with E-state index in [0.717, 1.165) is 34.6 Å². The fourth-order valence-corrected chi connectivity index (χ4v) is 5.02. The zero-order chi connectivity index (χ0) is 26.3. The molecule has 0 spiro atoms. The summed E-state index contributed by atoms with van der Waals surface area (Å²) in [6.07, 6.45) is 6.22. The first-order valence-electron chi connectivity index (χ1n) is 11.5. The Morgan fingerprint density at radius 2 is 1.92 bits per heavy atom. The van der Waals surface area contributed by atoms with Gasteiger partial charge >= 0.3 is 5.69 Å². The molecule has 0 saturated carbocycles. The number of aliphatic hydroxyl groups is 1. The Labute approximate surface area is 206 Å². The molecule has 4 unspecified atom stereocenters. The van der Waals surface area contributed by atoms with Gasteiger partial charge in [-0.2, -0.15) is 0 Å². The summed E-state index contributed by atoms with van der Waals surface area (Å²) in [4.78, 5) is 48.0. The summed E-state index contributed by atoms with van der Waals surface area (Å²) in [5.74, 6) is -1.49. The largest absolute Gasteiger partial charge is 0.387 e. The summed E-state index contributed by atoms with van der Waals surface area (Å²) in [5.41, 5.74) is 3.53. The van der Waals surface area contributed by atoms with Gasteiger partial charge in [-0.1, -0.05) is 30.4 Å². The monoisotopic (exact) mass is 497 g/mol. The van der Waals surface area contributed by atoms with E-state index in [9.17, 15) is 34.9 Å². The number of likely N-dealkylation sites (N-methyl/N-ethyl adjacent to an activating group) is 1. The van der Waals surface area contributed by atoms with Gasteiger partial charge in [-0.05, 0) is 43.7 Å². The predicted octanol–water partition coefficient (Wildman–Crippen LogP) is 2.72. The smallest absolute Gasteiger partial charge is 0.300 e. The van der Waals surface area contributed by atoms with Crippen molar-refractivity contribution in [2.45, 2.75) is 44.4 Å². The zero-order valence-corrected chi connectivity index (χ0v) is 19.9. The van der Waals surface area contributed by atoms with Crippen LogP contribution in [0.5, 0.6) is 0 Å². The van der Waals surface area contributed by atoms with Crippen molar-refractivity contribution in [3.63, 3.8) is 0 Å². The lowest BCUT2D eigenvalue weighted by Crippen LogP contribution is -2.57. The van der Waals surface area contributed by atoms with Gasteiger partial charge in [-0.25, -0.2) is 5.01 Å². The zero-order valence-electron chi connectivity index (χ0n) is 19.9. The van der Waals surface area contributed by atoms with E-state index in [0.29, 0.717) is 18.8 Å². The summed E-state index contributed by atoms with van der Waals surface area (Å²) in [6, 6.07) is 1.20. The van der Waals surface area contributed by atoms with Crippen LogP contribution in [0.25, 0.3) is 0 Å². The summed E-state index contributed by atoms with van der Waals surface area (Å²) in [7, 11) is 1.36. The second kappa shape index (κ2) is 9.63. The molecule has 1 aliphatic carbocycles. The lowest BCUT2D eigenvalue weighted by atomic mass is 9.81. The molecule has 12 heteroatoms. The number of nitro benzene ring substituents is 2. The summed E-state index contributed by atoms with van der Waals surface area (Å²) < 4.78 is 0. The first-order valence-corrected chi connectivity index (χ1v) is 11.5. The lowest BCUT2D eigenvalue weighted by Gasteiger charge is -2.41. The molecule has 4 rings (SSSR count). The Kier molecular flexibility index (Phi) is 6.74. The van der Waals surface area contributed by atoms with Crippen LogP contribution in [0.2, 0.25) is 0 Å². The number of fused-ring (bicyclic) bond motifs is 1. The van der Waals surface area contributed by atoms with Crippen LogP contribution in [0, 0.1) is 32.1 Å². The second-order valence-corrected chi connectivity index (χ2v) is 9.36. The van der Waals surface area contributed by atoms with Crippen molar-refractivity contribution in [2.24, 2.45) is 11.8 Å². The van der Waals surface area contributed by atoms with Crippen molar-refractivity contribution < 1.29 is 24.5 Å². The number of carbonyl (C=O) groups is 2. The average molecular weight is 498 g/mol. The molecule has 2 heterocycles. The van der Waals surface area contributed by atoms with Crippen LogP contribution in [0.3, 0.4) is 0 Å². The molecule has 5 atom stereocenters. The summed E-state index contributed by atoms with van der Waals surface area (Å²) in [6.45, 7) is 5.97. The van der Waals surface area contributed by atoms with Crippen molar-refractivity contribution in [1.82, 2.24) is 9.91 Å². The third-order valence-electron chi connectivity index (χ3n) is 7.16. The molecule has 1 saturated heterocycles. The van der Waals surface area contributed by atoms with Crippen LogP contribution in [-0.2, 0) is 9.59 Å². The Morgan fingerprint density at radius 1 is 1.19 bits per heavy atom. The third-order valence-corrected chi connectivity index (χ3v) is 7.16. The van der Waals surface area contributed by atoms with Crippen LogP contribution >= 0.6 is 0 Å². The standard InChI is InChI=1S/C24H27N5O7/c1-13(2)14-4-6-15(7-5-14)22(30)19-11-9-17-21(24(32)26(3)23(17)31)27(19)25-18-10-8-16(28(33)34)12-20(18)29(35)36/h6,8-12,14,17,19,21-22,25,30H,1,4-5,7H2,2-3H3/t14-,17?,19?,21?,22?/m1/s1. The van der Waals surface area contributed by atoms with Crippen molar-refractivity contribution in [1.29, 1.82) is 0 Å². The first kappa shape index (κ1) is 25.2. The maximum atomic E-state index is 13.0. The molecule has 1 aromatic carbocycles. The van der Waals surface area contributed by atoms with Crippen LogP contribution < -0.4 is 5.43 Å². The number of rotatable bonds is 7. The topological polar surface area (TPSA) is 159 Å². The van der Waals surface area contributed by atoms with Gasteiger partial charge in [-0.3, -0.25) is 34.7 Å². The number of benzene rings is 1. The van der Waals surface area contributed by atoms with Crippen LogP contribution in [0.4, 0.5) is 17.1 Å². The van der Waals surface area contributed by atoms with Gasteiger partial charge in [0.1, 0.15) is 11.7 Å². The van der Waals surface area contributed by atoms with E-state index in [4.69, 9.17) is 0 Å². The molecule has 2 aliphatic heterocycles. The highest BCUT2D eigenvalue weighted by Gasteiger charge is 2.52. The van der Waals surface area contributed by atoms with E-state index in [-0.39, 0.29) is 5.69 Å². The number of nitrogens with zero attached hydrogens (tertiary/aromatic N) is 4. The minimum atomic E-state index is -1.06. The van der Waals surface area contributed by atoms with Gasteiger partial charge in [-0.15, -0.1) is 0 Å². The molecule has 36 heavy (non-hydrogen) atoms. The number of hydrogen-bond acceptors (Lipinski definition) is 9. The second-order valence-electron chi connectivity index (χ2n) is 9.36. The Morgan fingerprint density at radius 3 is 2.50 bits per heavy atom. The van der Waals surface area contributed by atoms with Gasteiger partial charge in [0.2, 0.25) is 11.8 Å². The van der Waals surface area contributed by atoms with E-state index in [1.807, 2.05) is 13.0 Å². The van der Waals surface area contributed by atoms with Crippen LogP contribution in [0.1, 0.15) is 26.2 Å². The van der Waals surface area contributed by atoms with Crippen molar-refractivity contribution in [2.75, 3.05) is 12.5 Å². The average Bonchev–Trinajstić information content (AvgIpc) is 3.07. The number of hydrazine groups is 1. The Balaban J connectivity index is 1.72. The van der Waals surface area contributed by atoms with E-state index in [2.05, 4.69) is 12.0 Å². The van der Waals surface area contributed by atoms with Gasteiger partial charge in [0, 0.05) is 13.1 Å². The van der Waals surface area contributed by atoms with Crippen LogP contribution in [0.15, 0.2) is 54.2 Å². The highest BCUT2D eigenvalue weighted by Crippen LogP contribution is 2.38. The number of nitrogens with one attached hydrogen (secondary N) is 1. The summed E-state index contributed by atoms with van der Waals surface area (Å²) >= 11 is 0. The summed E-state index contributed by atoms with van der Waals surface area (Å²) in [5, 5.41) is 35.5. The molecule has 0 aromatic heterocycles. The predicted molar refractivity (Wildman–Crippen MR) is 129 cm³/mol. The fraction of sp³-hybridized carbons (Fsp3) is 0.417. The molecular formula is C24H27N5O7. The number of anilines is 1. The molecule has 2 amide bonds. The van der Waals surface area contributed by atoms with Crippen molar-refractivity contribution >= 4 is 28.9 Å². The quantitative estimate of drug-likeness (QED) is 0.250. The first-order chi connectivity index (χ1) is 17.0. The number of allylic oxidation sites excluding steroid dienone is 2. The molecule has 0 radical (unpaired) electrons. The molecule has 3 aliphatic rings. The minimum Gasteiger partial charge on any atom is -0.387 e. The van der Waals surface area contributed by atoms with Crippen molar-refractivity contribution in [3.8, 4) is 0 Å². The maximum absolute atomic E-state index is 13.0. The fourth-order valence-electron chi connectivity index (χ4n) is 5.02. The van der Waals surface area contributed by atoms with E-state index in [1.165, 1.54) is 18.1 Å². The molecule has 2 N–H and O–H groups in total. The van der Waals surface area contributed by atoms with Crippen LogP contribution in [-0.4, -0.2) is 61.9 Å².